The highest BCUT2D eigenvalue weighted by Gasteiger charge is 2.31. The van der Waals surface area contributed by atoms with Crippen LogP contribution in [0.15, 0.2) is 42.0 Å². The van der Waals surface area contributed by atoms with Crippen LogP contribution in [0.3, 0.4) is 0 Å². The lowest BCUT2D eigenvalue weighted by Gasteiger charge is -2.24. The first-order valence-corrected chi connectivity index (χ1v) is 22.1. The van der Waals surface area contributed by atoms with E-state index in [-0.39, 0.29) is 30.4 Å². The highest BCUT2D eigenvalue weighted by atomic mass is 32.2. The molecule has 62 heavy (non-hydrogen) atoms. The minimum absolute atomic E-state index is 0.194. The summed E-state index contributed by atoms with van der Waals surface area (Å²) in [5.41, 5.74) is 21.1. The molecule has 2 aromatic heterocycles. The van der Waals surface area contributed by atoms with Gasteiger partial charge in [0.1, 0.15) is 36.3 Å². The molecule has 3 aromatic rings. The zero-order chi connectivity index (χ0) is 45.0. The number of hydrogen-bond donors (Lipinski definition) is 9. The van der Waals surface area contributed by atoms with Crippen LogP contribution in [0, 0.1) is 11.8 Å². The van der Waals surface area contributed by atoms with Gasteiger partial charge in [-0.25, -0.2) is 20.4 Å². The van der Waals surface area contributed by atoms with E-state index in [1.54, 1.807) is 31.2 Å². The van der Waals surface area contributed by atoms with Gasteiger partial charge in [0.2, 0.25) is 12.3 Å². The Balaban J connectivity index is 1.38. The molecule has 22 heteroatoms. The topological polar surface area (TPSA) is 319 Å². The van der Waals surface area contributed by atoms with Crippen molar-refractivity contribution in [3.8, 4) is 11.8 Å². The zero-order valence-electron chi connectivity index (χ0n) is 35.2. The quantitative estimate of drug-likeness (QED) is 0.00933. The molecule has 21 nitrogen and oxygen atoms in total. The lowest BCUT2D eigenvalue weighted by Crippen LogP contribution is -2.39. The fourth-order valence-corrected chi connectivity index (χ4v) is 7.52. The summed E-state index contributed by atoms with van der Waals surface area (Å²) in [5.74, 6) is 6.21. The van der Waals surface area contributed by atoms with Gasteiger partial charge in [-0.3, -0.25) is 19.0 Å². The average Bonchev–Trinajstić information content (AvgIpc) is 3.71. The number of fused-ring (bicyclic) bond motifs is 1. The molecule has 3 rings (SSSR count). The number of amides is 2. The molecule has 0 aliphatic heterocycles. The number of unbranched alkanes of at least 4 members (excludes halogenated alkanes) is 2. The van der Waals surface area contributed by atoms with Crippen molar-refractivity contribution in [2.75, 3.05) is 88.4 Å². The van der Waals surface area contributed by atoms with E-state index in [9.17, 15) is 29.7 Å². The summed E-state index contributed by atoms with van der Waals surface area (Å²) >= 11 is 0. The van der Waals surface area contributed by atoms with E-state index < -0.39 is 41.5 Å². The number of aliphatic hydroxyl groups is 2. The second-order valence-corrected chi connectivity index (χ2v) is 16.0. The normalized spacial score (nSPS) is 13.8. The summed E-state index contributed by atoms with van der Waals surface area (Å²) in [7, 11) is -0.551. The van der Waals surface area contributed by atoms with E-state index in [0.29, 0.717) is 125 Å². The smallest absolute Gasteiger partial charge is 0.320 e. The molecular weight excluding hydrogens is 827 g/mol. The Bertz CT molecular complexity index is 1860. The SMILES string of the molecule is C[C@@H](O)C(C[S+](CC#CCCCCC(=O)N/N=C\c1ccc(C(=O)NCCOCCOCCOCCN)cc1)CCC(N)C(=O)O)O[C@H](O)n1cnc2c(NCCN)ncnc21. The minimum Gasteiger partial charge on any atom is -0.480 e. The highest BCUT2D eigenvalue weighted by Crippen LogP contribution is 2.22. The number of ether oxygens (including phenoxy) is 4. The van der Waals surface area contributed by atoms with E-state index >= 15 is 0 Å². The number of nitrogens with two attached hydrogens (primary N) is 3. The summed E-state index contributed by atoms with van der Waals surface area (Å²) < 4.78 is 23.3. The van der Waals surface area contributed by atoms with Gasteiger partial charge >= 0.3 is 5.97 Å². The molecule has 0 aliphatic carbocycles. The van der Waals surface area contributed by atoms with Crippen molar-refractivity contribution in [1.29, 1.82) is 0 Å². The van der Waals surface area contributed by atoms with Gasteiger partial charge in [-0.2, -0.15) is 5.10 Å². The maximum Gasteiger partial charge on any atom is 0.320 e. The van der Waals surface area contributed by atoms with Gasteiger partial charge in [0.15, 0.2) is 22.7 Å². The molecule has 0 aliphatic rings. The number of nitrogens with zero attached hydrogens (tertiary/aromatic N) is 5. The maximum atomic E-state index is 12.4. The number of imidazole rings is 1. The molecule has 0 bridgehead atoms. The third-order valence-electron chi connectivity index (χ3n) is 8.77. The van der Waals surface area contributed by atoms with E-state index in [2.05, 4.69) is 48.0 Å². The van der Waals surface area contributed by atoms with Crippen LogP contribution in [0.5, 0.6) is 0 Å². The van der Waals surface area contributed by atoms with Crippen molar-refractivity contribution < 1.29 is 48.7 Å². The summed E-state index contributed by atoms with van der Waals surface area (Å²) in [4.78, 5) is 48.9. The van der Waals surface area contributed by atoms with Gasteiger partial charge in [-0.05, 0) is 43.4 Å². The van der Waals surface area contributed by atoms with Crippen LogP contribution in [-0.2, 0) is 39.4 Å². The third kappa shape index (κ3) is 19.9. The Labute approximate surface area is 364 Å². The van der Waals surface area contributed by atoms with Crippen molar-refractivity contribution in [1.82, 2.24) is 30.3 Å². The molecule has 5 atom stereocenters. The molecule has 0 saturated heterocycles. The largest absolute Gasteiger partial charge is 0.480 e. The first-order valence-electron chi connectivity index (χ1n) is 20.4. The molecule has 2 amide bonds. The van der Waals surface area contributed by atoms with Crippen LogP contribution >= 0.6 is 0 Å². The molecule has 342 valence electrons. The average molecular weight is 889 g/mol. The summed E-state index contributed by atoms with van der Waals surface area (Å²) in [5, 5.41) is 40.9. The Kier molecular flexibility index (Phi) is 25.2. The van der Waals surface area contributed by atoms with Crippen molar-refractivity contribution in [3.63, 3.8) is 0 Å². The second-order valence-electron chi connectivity index (χ2n) is 13.7. The monoisotopic (exact) mass is 888 g/mol. The predicted octanol–water partition coefficient (Wildman–Crippen LogP) is -0.716. The number of benzene rings is 1. The summed E-state index contributed by atoms with van der Waals surface area (Å²) in [6.07, 6.45) is 3.01. The van der Waals surface area contributed by atoms with Crippen molar-refractivity contribution in [2.24, 2.45) is 22.3 Å². The second kappa shape index (κ2) is 30.3. The van der Waals surface area contributed by atoms with E-state index in [1.165, 1.54) is 23.4 Å². The molecule has 0 saturated carbocycles. The molecule has 3 unspecified atom stereocenters. The lowest BCUT2D eigenvalue weighted by molar-refractivity contribution is -0.195. The molecule has 1 aromatic carbocycles. The first kappa shape index (κ1) is 51.5. The van der Waals surface area contributed by atoms with Crippen LogP contribution in [0.25, 0.3) is 11.2 Å². The van der Waals surface area contributed by atoms with Crippen LogP contribution in [0.4, 0.5) is 5.82 Å². The molecule has 0 spiro atoms. The maximum absolute atomic E-state index is 12.4. The van der Waals surface area contributed by atoms with Crippen molar-refractivity contribution in [2.45, 2.75) is 63.7 Å². The number of anilines is 1. The Morgan fingerprint density at radius 1 is 0.952 bits per heavy atom. The number of hydrazone groups is 1. The van der Waals surface area contributed by atoms with E-state index in [4.69, 9.17) is 36.1 Å². The first-order chi connectivity index (χ1) is 30.0. The molecule has 0 fully saturated rings. The van der Waals surface area contributed by atoms with Gasteiger partial charge in [0, 0.05) is 61.9 Å². The number of rotatable bonds is 32. The van der Waals surface area contributed by atoms with Gasteiger partial charge < -0.3 is 62.1 Å². The number of carbonyl (C=O) groups is 3. The highest BCUT2D eigenvalue weighted by molar-refractivity contribution is 7.97. The molecular formula is C40H62N11O10S+. The number of carboxylic acids is 1. The van der Waals surface area contributed by atoms with Gasteiger partial charge in [-0.15, -0.1) is 0 Å². The number of carbonyl (C=O) groups excluding carboxylic acids is 2. The standard InChI is InChI=1S/C40H61N11O10S/c1-29(52)33(61-40(57)51-28-48-35-36(44-15-13-41)46-27-47-37(35)51)26-62(24-12-32(43)39(55)56)23-6-4-2-3-5-7-34(53)50-49-25-30-8-10-31(11-9-30)38(54)45-16-18-59-20-22-60-21-19-58-17-14-42/h8-11,25,27-29,32-33,40,52,57H,2-3,5,7,12-24,26,41-43H2,1H3,(H3-,44,45,46,47,50,53,54,55,56)/p+1/t29-,32?,33?,40+,62?/m1/s1. The molecule has 12 N–H and O–H groups in total. The van der Waals surface area contributed by atoms with Crippen LogP contribution in [-0.4, -0.2) is 160 Å². The van der Waals surface area contributed by atoms with Crippen molar-refractivity contribution >= 4 is 51.9 Å². The fraction of sp³-hybridized carbons (Fsp3) is 0.575. The fourth-order valence-electron chi connectivity index (χ4n) is 5.37. The zero-order valence-corrected chi connectivity index (χ0v) is 36.0. The van der Waals surface area contributed by atoms with E-state index in [0.717, 1.165) is 0 Å². The minimum atomic E-state index is -1.54. The predicted molar refractivity (Wildman–Crippen MR) is 235 cm³/mol. The van der Waals surface area contributed by atoms with Gasteiger partial charge in [0.05, 0.1) is 52.0 Å². The summed E-state index contributed by atoms with van der Waals surface area (Å²) in [6.45, 7) is 5.84. The number of aromatic nitrogens is 4. The van der Waals surface area contributed by atoms with Crippen LogP contribution in [0.2, 0.25) is 0 Å². The lowest BCUT2D eigenvalue weighted by atomic mass is 10.1. The Morgan fingerprint density at radius 2 is 1.68 bits per heavy atom. The number of aliphatic carboxylic acids is 1. The van der Waals surface area contributed by atoms with Crippen LogP contribution in [0.1, 0.15) is 61.4 Å². The number of hydrogen-bond acceptors (Lipinski definition) is 17. The van der Waals surface area contributed by atoms with Gasteiger partial charge in [0.25, 0.3) is 5.91 Å². The Morgan fingerprint density at radius 3 is 2.37 bits per heavy atom. The molecule has 0 radical (unpaired) electrons. The molecule has 2 heterocycles. The van der Waals surface area contributed by atoms with Gasteiger partial charge in [-0.1, -0.05) is 18.1 Å². The number of carboxylic acid groups (broad SMARTS) is 1. The Hall–Kier alpha value is -4.80. The number of nitrogens with one attached hydrogen (secondary N) is 3. The third-order valence-corrected chi connectivity index (χ3v) is 10.9. The summed E-state index contributed by atoms with van der Waals surface area (Å²) in [6, 6.07) is 5.71. The number of aliphatic hydroxyl groups excluding tert-OH is 2. The van der Waals surface area contributed by atoms with Crippen molar-refractivity contribution in [3.05, 3.63) is 48.0 Å². The van der Waals surface area contributed by atoms with E-state index in [1.807, 2.05) is 0 Å². The van der Waals surface area contributed by atoms with Crippen LogP contribution < -0.4 is 33.3 Å².